The summed E-state index contributed by atoms with van der Waals surface area (Å²) >= 11 is 9.53. The molecule has 1 fully saturated rings. The normalized spacial score (nSPS) is 18.1. The summed E-state index contributed by atoms with van der Waals surface area (Å²) in [6.07, 6.45) is 2.01. The minimum atomic E-state index is -0.358. The maximum absolute atomic E-state index is 11.6. The third-order valence-corrected chi connectivity index (χ3v) is 6.43. The first kappa shape index (κ1) is 22.2. The predicted octanol–water partition coefficient (Wildman–Crippen LogP) is 6.93. The molecular weight excluding hydrogens is 458 g/mol. The van der Waals surface area contributed by atoms with E-state index in [-0.39, 0.29) is 28.1 Å². The van der Waals surface area contributed by atoms with Crippen molar-refractivity contribution in [2.75, 3.05) is 0 Å². The molecule has 0 unspecified atom stereocenters. The minimum absolute atomic E-state index is 0.0638. The average Bonchev–Trinajstić information content (AvgIpc) is 2.82. The molecule has 5 nitrogen and oxygen atoms in total. The van der Waals surface area contributed by atoms with E-state index < -0.39 is 0 Å². The largest absolute Gasteiger partial charge is 0.344 e. The molecule has 29 heavy (non-hydrogen) atoms. The van der Waals surface area contributed by atoms with E-state index >= 15 is 0 Å². The molecule has 1 aliphatic heterocycles. The van der Waals surface area contributed by atoms with E-state index in [9.17, 15) is 10.1 Å². The van der Waals surface area contributed by atoms with E-state index in [2.05, 4.69) is 15.9 Å². The Labute approximate surface area is 184 Å². The van der Waals surface area contributed by atoms with Crippen LogP contribution in [-0.2, 0) is 15.9 Å². The number of ether oxygens (including phenoxy) is 2. The summed E-state index contributed by atoms with van der Waals surface area (Å²) in [6.45, 7) is 8.15. The van der Waals surface area contributed by atoms with Crippen LogP contribution in [0.5, 0.6) is 0 Å². The van der Waals surface area contributed by atoms with Gasteiger partial charge in [-0.15, -0.1) is 0 Å². The lowest BCUT2D eigenvalue weighted by Crippen LogP contribution is -2.41. The third-order valence-electron chi connectivity index (χ3n) is 5.70. The van der Waals surface area contributed by atoms with Crippen molar-refractivity contribution in [3.8, 4) is 11.1 Å². The topological polar surface area (TPSA) is 61.6 Å². The highest BCUT2D eigenvalue weighted by Crippen LogP contribution is 2.40. The van der Waals surface area contributed by atoms with E-state index in [0.717, 1.165) is 24.0 Å². The number of hydrogen-bond acceptors (Lipinski definition) is 4. The van der Waals surface area contributed by atoms with E-state index in [4.69, 9.17) is 21.1 Å². The van der Waals surface area contributed by atoms with Gasteiger partial charge in [-0.25, -0.2) is 0 Å². The Morgan fingerprint density at radius 1 is 1.07 bits per heavy atom. The quantitative estimate of drug-likeness (QED) is 0.331. The Bertz CT molecular complexity index is 913. The van der Waals surface area contributed by atoms with Crippen LogP contribution in [0.15, 0.2) is 40.9 Å². The third kappa shape index (κ3) is 4.82. The summed E-state index contributed by atoms with van der Waals surface area (Å²) in [5, 5.41) is 12.2. The van der Waals surface area contributed by atoms with Crippen molar-refractivity contribution in [3.05, 3.63) is 61.6 Å². The summed E-state index contributed by atoms with van der Waals surface area (Å²) < 4.78 is 12.8. The molecule has 0 N–H and O–H groups in total. The molecule has 0 atom stereocenters. The van der Waals surface area contributed by atoms with Crippen molar-refractivity contribution < 1.29 is 14.4 Å². The zero-order chi connectivity index (χ0) is 21.4. The molecule has 0 spiro atoms. The number of benzene rings is 2. The zero-order valence-corrected chi connectivity index (χ0v) is 19.3. The van der Waals surface area contributed by atoms with Gasteiger partial charge in [-0.3, -0.25) is 10.1 Å². The van der Waals surface area contributed by atoms with E-state index in [1.165, 1.54) is 6.07 Å². The van der Waals surface area contributed by atoms with Crippen molar-refractivity contribution in [3.63, 3.8) is 0 Å². The van der Waals surface area contributed by atoms with E-state index in [1.807, 2.05) is 45.9 Å². The van der Waals surface area contributed by atoms with E-state index in [0.29, 0.717) is 21.5 Å². The Hall–Kier alpha value is -1.47. The molecule has 1 heterocycles. The van der Waals surface area contributed by atoms with Crippen LogP contribution in [0, 0.1) is 10.1 Å². The number of hydrogen-bond donors (Lipinski definition) is 0. The highest BCUT2D eigenvalue weighted by molar-refractivity contribution is 9.10. The average molecular weight is 483 g/mol. The number of nitro groups is 1. The van der Waals surface area contributed by atoms with Crippen LogP contribution < -0.4 is 0 Å². The number of rotatable bonds is 6. The lowest BCUT2D eigenvalue weighted by Gasteiger charge is -2.30. The molecule has 2 aromatic rings. The van der Waals surface area contributed by atoms with Gasteiger partial charge in [0.2, 0.25) is 0 Å². The molecule has 2 aromatic carbocycles. The Kier molecular flexibility index (Phi) is 6.39. The second kappa shape index (κ2) is 8.34. The van der Waals surface area contributed by atoms with Crippen molar-refractivity contribution in [1.29, 1.82) is 0 Å². The van der Waals surface area contributed by atoms with Gasteiger partial charge < -0.3 is 9.47 Å². The lowest BCUT2D eigenvalue weighted by molar-refractivity contribution is -0.384. The second-order valence-electron chi connectivity index (χ2n) is 8.30. The molecular formula is C22H25BrClNO4. The molecule has 3 rings (SSSR count). The monoisotopic (exact) mass is 481 g/mol. The van der Waals surface area contributed by atoms with Gasteiger partial charge >= 0.3 is 0 Å². The van der Waals surface area contributed by atoms with Crippen LogP contribution in [0.25, 0.3) is 11.1 Å². The van der Waals surface area contributed by atoms with Gasteiger partial charge in [-0.1, -0.05) is 33.6 Å². The number of halogens is 2. The van der Waals surface area contributed by atoms with Crippen LogP contribution in [-0.4, -0.2) is 22.4 Å². The van der Waals surface area contributed by atoms with Crippen LogP contribution in [0.1, 0.15) is 46.1 Å². The van der Waals surface area contributed by atoms with Gasteiger partial charge in [0.05, 0.1) is 21.7 Å². The Balaban J connectivity index is 1.80. The summed E-state index contributed by atoms with van der Waals surface area (Å²) in [6, 6.07) is 10.6. The van der Waals surface area contributed by atoms with Gasteiger partial charge in [0.1, 0.15) is 0 Å². The fourth-order valence-electron chi connectivity index (χ4n) is 3.46. The van der Waals surface area contributed by atoms with Gasteiger partial charge in [0.25, 0.3) is 5.69 Å². The van der Waals surface area contributed by atoms with Crippen LogP contribution in [0.4, 0.5) is 5.69 Å². The first-order valence-corrected chi connectivity index (χ1v) is 10.8. The first-order chi connectivity index (χ1) is 13.5. The SMILES string of the molecule is CC1(C)OC(CCCc2cc(Cl)ccc2-c2ccc(Br)cc2[N+](=O)[O-])OC1(C)C. The standard InChI is InChI=1S/C22H25BrClNO4/c1-21(2)22(3,4)29-20(28-21)7-5-6-14-12-16(24)9-11-17(14)18-10-8-15(23)13-19(18)25(26)27/h8-13,20H,5-7H2,1-4H3. The summed E-state index contributed by atoms with van der Waals surface area (Å²) in [7, 11) is 0. The van der Waals surface area contributed by atoms with Gasteiger partial charge in [-0.2, -0.15) is 0 Å². The van der Waals surface area contributed by atoms with Gasteiger partial charge in [-0.05, 0) is 82.3 Å². The van der Waals surface area contributed by atoms with Crippen molar-refractivity contribution in [2.45, 2.75) is 64.4 Å². The van der Waals surface area contributed by atoms with Gasteiger partial charge in [0, 0.05) is 15.6 Å². The van der Waals surface area contributed by atoms with Crippen LogP contribution in [0.2, 0.25) is 5.02 Å². The zero-order valence-electron chi connectivity index (χ0n) is 17.0. The maximum Gasteiger partial charge on any atom is 0.278 e. The smallest absolute Gasteiger partial charge is 0.278 e. The summed E-state index contributed by atoms with van der Waals surface area (Å²) in [5.41, 5.74) is 1.74. The molecule has 0 saturated carbocycles. The predicted molar refractivity (Wildman–Crippen MR) is 118 cm³/mol. The summed E-state index contributed by atoms with van der Waals surface area (Å²) in [4.78, 5) is 11.2. The Morgan fingerprint density at radius 3 is 2.31 bits per heavy atom. The van der Waals surface area contributed by atoms with Crippen molar-refractivity contribution in [1.82, 2.24) is 0 Å². The molecule has 1 saturated heterocycles. The summed E-state index contributed by atoms with van der Waals surface area (Å²) in [5.74, 6) is 0. The number of aryl methyl sites for hydroxylation is 1. The first-order valence-electron chi connectivity index (χ1n) is 9.58. The Morgan fingerprint density at radius 2 is 1.69 bits per heavy atom. The fraction of sp³-hybridized carbons (Fsp3) is 0.455. The highest BCUT2D eigenvalue weighted by atomic mass is 79.9. The minimum Gasteiger partial charge on any atom is -0.344 e. The fourth-order valence-corrected chi connectivity index (χ4v) is 4.00. The number of nitrogens with zero attached hydrogens (tertiary/aromatic N) is 1. The molecule has 0 radical (unpaired) electrons. The van der Waals surface area contributed by atoms with Gasteiger partial charge in [0.15, 0.2) is 6.29 Å². The molecule has 7 heteroatoms. The highest BCUT2D eigenvalue weighted by Gasteiger charge is 2.48. The van der Waals surface area contributed by atoms with E-state index in [1.54, 1.807) is 12.1 Å². The molecule has 0 aliphatic carbocycles. The van der Waals surface area contributed by atoms with Crippen LogP contribution in [0.3, 0.4) is 0 Å². The molecule has 0 bridgehead atoms. The maximum atomic E-state index is 11.6. The number of nitro benzene ring substituents is 1. The molecule has 0 amide bonds. The van der Waals surface area contributed by atoms with Crippen molar-refractivity contribution in [2.24, 2.45) is 0 Å². The molecule has 156 valence electrons. The lowest BCUT2D eigenvalue weighted by atomic mass is 9.90. The van der Waals surface area contributed by atoms with Crippen LogP contribution >= 0.6 is 27.5 Å². The second-order valence-corrected chi connectivity index (χ2v) is 9.65. The molecule has 0 aromatic heterocycles. The molecule has 1 aliphatic rings. The van der Waals surface area contributed by atoms with Crippen molar-refractivity contribution >= 4 is 33.2 Å².